The Bertz CT molecular complexity index is 1110. The lowest BCUT2D eigenvalue weighted by molar-refractivity contribution is -0.383. The van der Waals surface area contributed by atoms with Crippen LogP contribution in [-0.2, 0) is 0 Å². The molecule has 1 amide bonds. The van der Waals surface area contributed by atoms with Crippen molar-refractivity contribution in [1.29, 1.82) is 0 Å². The van der Waals surface area contributed by atoms with E-state index in [1.165, 1.54) is 18.3 Å². The first-order valence-corrected chi connectivity index (χ1v) is 9.27. The number of pyridine rings is 1. The third kappa shape index (κ3) is 3.49. The van der Waals surface area contributed by atoms with E-state index in [9.17, 15) is 19.3 Å². The number of nitrogens with zero attached hydrogens (tertiary/aromatic N) is 4. The van der Waals surface area contributed by atoms with Crippen molar-refractivity contribution in [2.24, 2.45) is 0 Å². The molecule has 8 heteroatoms. The Morgan fingerprint density at radius 2 is 1.86 bits per heavy atom. The number of benzene rings is 2. The first-order chi connectivity index (χ1) is 14.0. The van der Waals surface area contributed by atoms with Gasteiger partial charge in [0.1, 0.15) is 5.82 Å². The van der Waals surface area contributed by atoms with Gasteiger partial charge in [0.05, 0.1) is 10.3 Å². The Morgan fingerprint density at radius 1 is 1.10 bits per heavy atom. The molecule has 2 aromatic carbocycles. The zero-order valence-corrected chi connectivity index (χ0v) is 15.8. The van der Waals surface area contributed by atoms with Crippen molar-refractivity contribution in [3.05, 3.63) is 75.9 Å². The molecule has 0 aliphatic carbocycles. The monoisotopic (exact) mass is 394 g/mol. The maximum absolute atomic E-state index is 13.8. The summed E-state index contributed by atoms with van der Waals surface area (Å²) < 4.78 is 13.8. The van der Waals surface area contributed by atoms with Crippen LogP contribution in [0.2, 0.25) is 0 Å². The number of carbonyl (C=O) groups excluding carboxylic acids is 1. The molecule has 0 atom stereocenters. The molecule has 29 heavy (non-hydrogen) atoms. The largest absolute Gasteiger partial charge is 0.367 e. The number of amides is 1. The van der Waals surface area contributed by atoms with E-state index in [0.717, 1.165) is 11.1 Å². The second-order valence-corrected chi connectivity index (χ2v) is 7.03. The molecule has 0 bridgehead atoms. The summed E-state index contributed by atoms with van der Waals surface area (Å²) in [4.78, 5) is 31.4. The Kier molecular flexibility index (Phi) is 4.84. The second kappa shape index (κ2) is 7.46. The molecule has 2 heterocycles. The zero-order chi connectivity index (χ0) is 20.5. The topological polar surface area (TPSA) is 79.6 Å². The molecule has 0 radical (unpaired) electrons. The molecule has 7 nitrogen and oxygen atoms in total. The van der Waals surface area contributed by atoms with Crippen molar-refractivity contribution in [2.45, 2.75) is 6.92 Å². The first-order valence-electron chi connectivity index (χ1n) is 9.27. The lowest BCUT2D eigenvalue weighted by Gasteiger charge is -2.36. The summed E-state index contributed by atoms with van der Waals surface area (Å²) in [6.45, 7) is 3.78. The predicted octanol–water partition coefficient (Wildman–Crippen LogP) is 3.55. The van der Waals surface area contributed by atoms with Crippen molar-refractivity contribution < 1.29 is 14.1 Å². The Hall–Kier alpha value is -3.55. The number of nitro groups is 1. The standard InChI is InChI=1S/C21H19FN4O3/c1-14-2-3-15(12-18(14)22)21(27)25-10-8-24(9-11-25)19-4-5-20(26(28)29)17-13-23-7-6-16(17)19/h2-7,12-13H,8-11H2,1H3. The van der Waals surface area contributed by atoms with Crippen LogP contribution in [0.5, 0.6) is 0 Å². The highest BCUT2D eigenvalue weighted by molar-refractivity contribution is 5.99. The Labute approximate surface area is 166 Å². The molecule has 0 unspecified atom stereocenters. The van der Waals surface area contributed by atoms with Crippen LogP contribution in [0, 0.1) is 22.9 Å². The van der Waals surface area contributed by atoms with Gasteiger partial charge in [-0.1, -0.05) is 6.07 Å². The van der Waals surface area contributed by atoms with E-state index in [4.69, 9.17) is 0 Å². The molecular weight excluding hydrogens is 375 g/mol. The van der Waals surface area contributed by atoms with Gasteiger partial charge in [0, 0.05) is 61.3 Å². The van der Waals surface area contributed by atoms with Crippen molar-refractivity contribution in [3.63, 3.8) is 0 Å². The van der Waals surface area contributed by atoms with Crippen LogP contribution in [0.4, 0.5) is 15.8 Å². The number of piperazine rings is 1. The molecule has 0 saturated carbocycles. The van der Waals surface area contributed by atoms with Gasteiger partial charge in [-0.2, -0.15) is 0 Å². The van der Waals surface area contributed by atoms with Crippen molar-refractivity contribution in [1.82, 2.24) is 9.88 Å². The van der Waals surface area contributed by atoms with Gasteiger partial charge in [0.2, 0.25) is 0 Å². The predicted molar refractivity (Wildman–Crippen MR) is 108 cm³/mol. The maximum Gasteiger partial charge on any atom is 0.278 e. The Balaban J connectivity index is 1.54. The summed E-state index contributed by atoms with van der Waals surface area (Å²) in [5, 5.41) is 12.5. The van der Waals surface area contributed by atoms with E-state index >= 15 is 0 Å². The molecule has 1 saturated heterocycles. The van der Waals surface area contributed by atoms with Crippen molar-refractivity contribution >= 4 is 28.1 Å². The van der Waals surface area contributed by atoms with Crippen LogP contribution in [0.1, 0.15) is 15.9 Å². The minimum Gasteiger partial charge on any atom is -0.367 e. The molecule has 1 fully saturated rings. The number of rotatable bonds is 3. The third-order valence-corrected chi connectivity index (χ3v) is 5.30. The smallest absolute Gasteiger partial charge is 0.278 e. The van der Waals surface area contributed by atoms with Crippen LogP contribution in [-0.4, -0.2) is 46.9 Å². The van der Waals surface area contributed by atoms with Gasteiger partial charge in [0.25, 0.3) is 11.6 Å². The van der Waals surface area contributed by atoms with Crippen LogP contribution in [0.25, 0.3) is 10.8 Å². The third-order valence-electron chi connectivity index (χ3n) is 5.30. The van der Waals surface area contributed by atoms with Gasteiger partial charge in [-0.05, 0) is 36.8 Å². The number of nitro benzene ring substituents is 1. The number of aromatic nitrogens is 1. The fraction of sp³-hybridized carbons (Fsp3) is 0.238. The highest BCUT2D eigenvalue weighted by atomic mass is 19.1. The van der Waals surface area contributed by atoms with Gasteiger partial charge in [-0.15, -0.1) is 0 Å². The average molecular weight is 394 g/mol. The van der Waals surface area contributed by atoms with Crippen LogP contribution in [0.3, 0.4) is 0 Å². The van der Waals surface area contributed by atoms with Crippen LogP contribution in [0.15, 0.2) is 48.8 Å². The van der Waals surface area contributed by atoms with E-state index in [0.29, 0.717) is 42.7 Å². The number of non-ortho nitro benzene ring substituents is 1. The van der Waals surface area contributed by atoms with Gasteiger partial charge in [0.15, 0.2) is 0 Å². The molecule has 148 valence electrons. The summed E-state index contributed by atoms with van der Waals surface area (Å²) >= 11 is 0. The number of halogens is 1. The molecule has 1 aliphatic heterocycles. The normalized spacial score (nSPS) is 14.3. The summed E-state index contributed by atoms with van der Waals surface area (Å²) in [5.41, 5.74) is 1.74. The van der Waals surface area contributed by atoms with Gasteiger partial charge >= 0.3 is 0 Å². The molecule has 0 N–H and O–H groups in total. The fourth-order valence-corrected chi connectivity index (χ4v) is 3.65. The summed E-state index contributed by atoms with van der Waals surface area (Å²) in [7, 11) is 0. The lowest BCUT2D eigenvalue weighted by atomic mass is 10.1. The first kappa shape index (κ1) is 18.8. The van der Waals surface area contributed by atoms with E-state index in [2.05, 4.69) is 9.88 Å². The number of fused-ring (bicyclic) bond motifs is 1. The summed E-state index contributed by atoms with van der Waals surface area (Å²) in [5.74, 6) is -0.582. The molecule has 3 aromatic rings. The highest BCUT2D eigenvalue weighted by Gasteiger charge is 2.25. The lowest BCUT2D eigenvalue weighted by Crippen LogP contribution is -2.48. The molecule has 0 spiro atoms. The number of hydrogen-bond acceptors (Lipinski definition) is 5. The van der Waals surface area contributed by atoms with E-state index in [1.807, 2.05) is 0 Å². The quantitative estimate of drug-likeness (QED) is 0.501. The number of hydrogen-bond donors (Lipinski definition) is 0. The number of aryl methyl sites for hydroxylation is 1. The van der Waals surface area contributed by atoms with Crippen LogP contribution < -0.4 is 4.90 Å². The maximum atomic E-state index is 13.8. The second-order valence-electron chi connectivity index (χ2n) is 7.03. The zero-order valence-electron chi connectivity index (χ0n) is 15.8. The number of anilines is 1. The Morgan fingerprint density at radius 3 is 2.55 bits per heavy atom. The van der Waals surface area contributed by atoms with E-state index < -0.39 is 4.92 Å². The van der Waals surface area contributed by atoms with E-state index in [-0.39, 0.29) is 17.4 Å². The average Bonchev–Trinajstić information content (AvgIpc) is 2.74. The minimum absolute atomic E-state index is 0.0204. The highest BCUT2D eigenvalue weighted by Crippen LogP contribution is 2.33. The van der Waals surface area contributed by atoms with E-state index in [1.54, 1.807) is 42.3 Å². The number of carbonyl (C=O) groups is 1. The van der Waals surface area contributed by atoms with Gasteiger partial charge in [-0.25, -0.2) is 4.39 Å². The van der Waals surface area contributed by atoms with Gasteiger partial charge < -0.3 is 9.80 Å². The van der Waals surface area contributed by atoms with Gasteiger partial charge in [-0.3, -0.25) is 19.9 Å². The minimum atomic E-state index is -0.412. The molecule has 1 aromatic heterocycles. The SMILES string of the molecule is Cc1ccc(C(=O)N2CCN(c3ccc([N+](=O)[O-])c4cnccc34)CC2)cc1F. The van der Waals surface area contributed by atoms with Crippen molar-refractivity contribution in [2.75, 3.05) is 31.1 Å². The van der Waals surface area contributed by atoms with Crippen LogP contribution >= 0.6 is 0 Å². The molecular formula is C21H19FN4O3. The fourth-order valence-electron chi connectivity index (χ4n) is 3.65. The van der Waals surface area contributed by atoms with Crippen molar-refractivity contribution in [3.8, 4) is 0 Å². The summed E-state index contributed by atoms with van der Waals surface area (Å²) in [6.07, 6.45) is 3.12. The molecule has 4 rings (SSSR count). The molecule has 1 aliphatic rings. The summed E-state index contributed by atoms with van der Waals surface area (Å²) in [6, 6.07) is 9.53.